The lowest BCUT2D eigenvalue weighted by Crippen LogP contribution is -2.28. The highest BCUT2D eigenvalue weighted by Gasteiger charge is 2.27. The van der Waals surface area contributed by atoms with Crippen LogP contribution in [0.15, 0.2) is 6.07 Å². The molecule has 0 aliphatic rings. The van der Waals surface area contributed by atoms with Crippen LogP contribution in [0, 0.1) is 11.6 Å². The van der Waals surface area contributed by atoms with Crippen molar-refractivity contribution in [1.29, 1.82) is 0 Å². The van der Waals surface area contributed by atoms with E-state index in [0.29, 0.717) is 11.2 Å². The number of nitrogens with one attached hydrogen (secondary N) is 1. The molecule has 0 radical (unpaired) electrons. The van der Waals surface area contributed by atoms with E-state index in [-0.39, 0.29) is 5.60 Å². The molecule has 0 aliphatic heterocycles. The van der Waals surface area contributed by atoms with Gasteiger partial charge in [0.25, 0.3) is 0 Å². The Morgan fingerprint density at radius 1 is 1.53 bits per heavy atom. The fraction of sp³-hybridized carbons (Fsp3) is 0.636. The average molecular weight is 226 g/mol. The van der Waals surface area contributed by atoms with Crippen molar-refractivity contribution < 1.29 is 4.74 Å². The van der Waals surface area contributed by atoms with Gasteiger partial charge in [0.05, 0.1) is 0 Å². The van der Waals surface area contributed by atoms with E-state index in [1.54, 1.807) is 0 Å². The minimum Gasteiger partial charge on any atom is -0.368 e. The zero-order valence-electron chi connectivity index (χ0n) is 9.76. The summed E-state index contributed by atoms with van der Waals surface area (Å²) >= 11 is 5.10. The average Bonchev–Trinajstić information content (AvgIpc) is 2.16. The van der Waals surface area contributed by atoms with Crippen molar-refractivity contribution in [2.45, 2.75) is 39.7 Å². The van der Waals surface area contributed by atoms with E-state index in [4.69, 9.17) is 17.0 Å². The predicted molar refractivity (Wildman–Crippen MR) is 63.4 cm³/mol. The van der Waals surface area contributed by atoms with Gasteiger partial charge in [-0.25, -0.2) is 4.98 Å². The lowest BCUT2D eigenvalue weighted by atomic mass is 10.0. The summed E-state index contributed by atoms with van der Waals surface area (Å²) in [7, 11) is 0. The highest BCUT2D eigenvalue weighted by molar-refractivity contribution is 7.71. The Balaban J connectivity index is 3.17. The smallest absolute Gasteiger partial charge is 0.139 e. The van der Waals surface area contributed by atoms with Gasteiger partial charge in [0.1, 0.15) is 16.1 Å². The van der Waals surface area contributed by atoms with Crippen LogP contribution in [0.5, 0.6) is 0 Å². The van der Waals surface area contributed by atoms with Crippen LogP contribution < -0.4 is 0 Å². The van der Waals surface area contributed by atoms with E-state index in [2.05, 4.69) is 16.9 Å². The Labute approximate surface area is 95.9 Å². The first-order chi connectivity index (χ1) is 7.01. The van der Waals surface area contributed by atoms with E-state index in [0.717, 1.165) is 17.9 Å². The zero-order chi connectivity index (χ0) is 11.5. The van der Waals surface area contributed by atoms with Gasteiger partial charge in [-0.2, -0.15) is 0 Å². The number of H-pyrrole nitrogens is 1. The van der Waals surface area contributed by atoms with Crippen molar-refractivity contribution in [3.63, 3.8) is 0 Å². The first kappa shape index (κ1) is 12.3. The highest BCUT2D eigenvalue weighted by atomic mass is 32.1. The van der Waals surface area contributed by atoms with Crippen molar-refractivity contribution in [2.24, 2.45) is 0 Å². The van der Waals surface area contributed by atoms with Crippen LogP contribution in [0.2, 0.25) is 0 Å². The third kappa shape index (κ3) is 2.86. The van der Waals surface area contributed by atoms with E-state index < -0.39 is 0 Å². The molecule has 1 heterocycles. The topological polar surface area (TPSA) is 37.9 Å². The van der Waals surface area contributed by atoms with Gasteiger partial charge in [-0.1, -0.05) is 19.1 Å². The second kappa shape index (κ2) is 4.86. The van der Waals surface area contributed by atoms with Crippen LogP contribution in [-0.4, -0.2) is 16.6 Å². The van der Waals surface area contributed by atoms with Gasteiger partial charge in [-0.3, -0.25) is 0 Å². The Kier molecular flexibility index (Phi) is 3.99. The van der Waals surface area contributed by atoms with Gasteiger partial charge in [-0.05, 0) is 33.3 Å². The maximum atomic E-state index is 5.73. The molecule has 84 valence electrons. The number of hydrogen-bond acceptors (Lipinski definition) is 3. The van der Waals surface area contributed by atoms with Crippen LogP contribution in [-0.2, 0) is 10.3 Å². The number of rotatable bonds is 4. The fourth-order valence-electron chi connectivity index (χ4n) is 1.49. The number of aryl methyl sites for hydroxylation is 1. The van der Waals surface area contributed by atoms with Crippen molar-refractivity contribution in [1.82, 2.24) is 9.97 Å². The van der Waals surface area contributed by atoms with Crippen molar-refractivity contribution in [3.05, 3.63) is 22.2 Å². The van der Waals surface area contributed by atoms with E-state index in [1.165, 1.54) is 0 Å². The third-order valence-electron chi connectivity index (χ3n) is 2.52. The van der Waals surface area contributed by atoms with Gasteiger partial charge in [0.2, 0.25) is 0 Å². The summed E-state index contributed by atoms with van der Waals surface area (Å²) in [6.45, 7) is 8.74. The molecule has 1 atom stereocenters. The van der Waals surface area contributed by atoms with Crippen LogP contribution in [0.25, 0.3) is 0 Å². The second-order valence-electron chi connectivity index (χ2n) is 3.77. The van der Waals surface area contributed by atoms with Crippen LogP contribution in [0.3, 0.4) is 0 Å². The summed E-state index contributed by atoms with van der Waals surface area (Å²) in [6.07, 6.45) is 0.864. The maximum absolute atomic E-state index is 5.73. The van der Waals surface area contributed by atoms with Crippen LogP contribution in [0.4, 0.5) is 0 Å². The first-order valence-corrected chi connectivity index (χ1v) is 5.65. The summed E-state index contributed by atoms with van der Waals surface area (Å²) < 4.78 is 6.35. The van der Waals surface area contributed by atoms with E-state index in [1.807, 2.05) is 26.8 Å². The molecule has 4 heteroatoms. The summed E-state index contributed by atoms with van der Waals surface area (Å²) in [5, 5.41) is 0. The number of nitrogens with zero attached hydrogens (tertiary/aromatic N) is 1. The molecule has 0 aromatic carbocycles. The molecule has 0 saturated carbocycles. The molecular formula is C11H18N2OS. The molecule has 1 rings (SSSR count). The van der Waals surface area contributed by atoms with Gasteiger partial charge in [-0.15, -0.1) is 0 Å². The quantitative estimate of drug-likeness (QED) is 0.802. The standard InChI is InChI=1S/C11H18N2OS/c1-5-11(4,14-6-2)10-12-8(3)7-9(15)13-10/h7H,5-6H2,1-4H3,(H,12,13,15). The Morgan fingerprint density at radius 3 is 2.67 bits per heavy atom. The molecule has 1 N–H and O–H groups in total. The number of aromatic nitrogens is 2. The van der Waals surface area contributed by atoms with Gasteiger partial charge in [0.15, 0.2) is 0 Å². The van der Waals surface area contributed by atoms with Crippen molar-refractivity contribution in [2.75, 3.05) is 6.61 Å². The summed E-state index contributed by atoms with van der Waals surface area (Å²) in [5.41, 5.74) is 0.651. The monoisotopic (exact) mass is 226 g/mol. The molecule has 1 aromatic heterocycles. The zero-order valence-corrected chi connectivity index (χ0v) is 10.6. The Morgan fingerprint density at radius 2 is 2.20 bits per heavy atom. The van der Waals surface area contributed by atoms with E-state index >= 15 is 0 Å². The second-order valence-corrected chi connectivity index (χ2v) is 4.19. The Hall–Kier alpha value is -0.740. The number of ether oxygens (including phenoxy) is 1. The third-order valence-corrected chi connectivity index (χ3v) is 2.73. The largest absolute Gasteiger partial charge is 0.368 e. The Bertz CT molecular complexity index is 388. The molecule has 0 spiro atoms. The highest BCUT2D eigenvalue weighted by Crippen LogP contribution is 2.25. The molecular weight excluding hydrogens is 208 g/mol. The molecule has 0 fully saturated rings. The molecule has 0 aliphatic carbocycles. The molecule has 0 bridgehead atoms. The molecule has 0 saturated heterocycles. The van der Waals surface area contributed by atoms with Crippen molar-refractivity contribution >= 4 is 12.2 Å². The van der Waals surface area contributed by atoms with E-state index in [9.17, 15) is 0 Å². The number of hydrogen-bond donors (Lipinski definition) is 1. The first-order valence-electron chi connectivity index (χ1n) is 5.24. The fourth-order valence-corrected chi connectivity index (χ4v) is 1.75. The summed E-state index contributed by atoms with van der Waals surface area (Å²) in [4.78, 5) is 7.55. The lowest BCUT2D eigenvalue weighted by Gasteiger charge is -2.27. The van der Waals surface area contributed by atoms with Gasteiger partial charge in [0, 0.05) is 12.3 Å². The SMILES string of the molecule is CCOC(C)(CC)c1nc(=S)cc(C)[nH]1. The number of aromatic amines is 1. The molecule has 1 unspecified atom stereocenters. The summed E-state index contributed by atoms with van der Waals surface area (Å²) in [5.74, 6) is 0.817. The van der Waals surface area contributed by atoms with Crippen LogP contribution >= 0.6 is 12.2 Å². The minimum atomic E-state index is -0.367. The van der Waals surface area contributed by atoms with Gasteiger partial charge >= 0.3 is 0 Å². The van der Waals surface area contributed by atoms with Crippen LogP contribution in [0.1, 0.15) is 38.7 Å². The molecule has 0 amide bonds. The van der Waals surface area contributed by atoms with Crippen molar-refractivity contribution in [3.8, 4) is 0 Å². The normalized spacial score (nSPS) is 14.9. The molecule has 15 heavy (non-hydrogen) atoms. The lowest BCUT2D eigenvalue weighted by molar-refractivity contribution is -0.0392. The predicted octanol–water partition coefficient (Wildman–Crippen LogP) is 3.11. The minimum absolute atomic E-state index is 0.367. The molecule has 3 nitrogen and oxygen atoms in total. The summed E-state index contributed by atoms with van der Waals surface area (Å²) in [6, 6.07) is 1.85. The maximum Gasteiger partial charge on any atom is 0.139 e. The van der Waals surface area contributed by atoms with Gasteiger partial charge < -0.3 is 9.72 Å². The molecule has 1 aromatic rings.